The molecule has 0 saturated carbocycles. The molecule has 2 saturated heterocycles. The molecule has 29 heavy (non-hydrogen) atoms. The summed E-state index contributed by atoms with van der Waals surface area (Å²) in [6.07, 6.45) is 1.99. The van der Waals surface area contributed by atoms with Crippen LogP contribution in [0.15, 0.2) is 22.7 Å². The molecule has 2 heterocycles. The topological polar surface area (TPSA) is 83.8 Å². The van der Waals surface area contributed by atoms with Crippen LogP contribution in [-0.4, -0.2) is 58.1 Å². The Hall–Kier alpha value is -1.96. The second-order valence-corrected chi connectivity index (χ2v) is 7.05. The smallest absolute Gasteiger partial charge is 0.0351 e. The molecule has 2 atom stereocenters. The number of amides is 1. The van der Waals surface area contributed by atoms with Gasteiger partial charge in [0.25, 0.3) is 0 Å². The van der Waals surface area contributed by atoms with Crippen LogP contribution in [0.2, 0.25) is 0 Å². The number of halogens is 2. The van der Waals surface area contributed by atoms with E-state index < -0.39 is 17.3 Å². The van der Waals surface area contributed by atoms with E-state index in [1.165, 1.54) is 17.2 Å². The van der Waals surface area contributed by atoms with Crippen molar-refractivity contribution < 1.29 is 23.3 Å². The van der Waals surface area contributed by atoms with Gasteiger partial charge in [-0.2, -0.15) is 0 Å². The van der Waals surface area contributed by atoms with Gasteiger partial charge in [0.1, 0.15) is 0 Å². The summed E-state index contributed by atoms with van der Waals surface area (Å²) in [6.45, 7) is 4.56. The quantitative estimate of drug-likeness (QED) is 0.528. The number of fused-ring (bicyclic) bond motifs is 1. The molecule has 0 radical (unpaired) electrons. The van der Waals surface area contributed by atoms with Gasteiger partial charge < -0.3 is 4.74 Å². The molecule has 0 aromatic heterocycles. The summed E-state index contributed by atoms with van der Waals surface area (Å²) in [7, 11) is 5.97. The van der Waals surface area contributed by atoms with E-state index in [9.17, 15) is 9.18 Å². The molecule has 10 heteroatoms. The van der Waals surface area contributed by atoms with Crippen molar-refractivity contribution in [3.8, 4) is 6.26 Å². The molecule has 1 aromatic carbocycles. The summed E-state index contributed by atoms with van der Waals surface area (Å²) in [4.78, 5) is 14.2. The van der Waals surface area contributed by atoms with Crippen LogP contribution in [0.5, 0.6) is 0 Å². The molecule has 2 aliphatic heterocycles. The van der Waals surface area contributed by atoms with Crippen LogP contribution in [-0.2, 0) is 24.5 Å². The molecule has 0 aliphatic carbocycles. The van der Waals surface area contributed by atoms with Gasteiger partial charge in [0.15, 0.2) is 0 Å². The van der Waals surface area contributed by atoms with Crippen LogP contribution in [0.1, 0.15) is 25.8 Å². The molecule has 1 amide bonds. The maximum Gasteiger partial charge on any atom is 0.0351 e. The Morgan fingerprint density at radius 3 is 2.72 bits per heavy atom. The van der Waals surface area contributed by atoms with Gasteiger partial charge >= 0.3 is 147 Å². The Morgan fingerprint density at radius 2 is 2.10 bits per heavy atom. The van der Waals surface area contributed by atoms with Gasteiger partial charge in [0, 0.05) is 14.2 Å². The van der Waals surface area contributed by atoms with Crippen LogP contribution in [0.25, 0.3) is 0 Å². The molecule has 3 rings (SSSR count). The number of carbonyl (C=O) groups excluding carboxylic acids is 1. The number of nitrogens with one attached hydrogen (secondary N) is 1. The van der Waals surface area contributed by atoms with Crippen LogP contribution in [0, 0.1) is 23.3 Å². The van der Waals surface area contributed by atoms with E-state index >= 15 is 0 Å². The molecule has 2 fully saturated rings. The van der Waals surface area contributed by atoms with E-state index in [-0.39, 0.29) is 18.2 Å². The van der Waals surface area contributed by atoms with Crippen molar-refractivity contribution >= 4 is 34.7 Å². The monoisotopic (exact) mass is 469 g/mol. The summed E-state index contributed by atoms with van der Waals surface area (Å²) < 4.78 is 29.8. The van der Waals surface area contributed by atoms with Gasteiger partial charge in [-0.15, -0.1) is 0 Å². The first-order chi connectivity index (χ1) is 13.9. The Kier molecular flexibility index (Phi) is 10.3. The first-order valence-corrected chi connectivity index (χ1v) is 9.94. The van der Waals surface area contributed by atoms with Gasteiger partial charge in [-0.3, -0.25) is 0 Å². The number of ether oxygens (including phenoxy) is 2. The number of nitrogens with zero attached hydrogens (tertiary/aromatic N) is 2. The Morgan fingerprint density at radius 1 is 1.45 bits per heavy atom. The number of methoxy groups -OCH3 is 1. The predicted molar refractivity (Wildman–Crippen MR) is 112 cm³/mol. The fraction of sp³-hybridized carbons (Fsp3) is 0.526. The molecule has 0 spiro atoms. The summed E-state index contributed by atoms with van der Waals surface area (Å²) in [5.74, 6) is -1.09. The van der Waals surface area contributed by atoms with Crippen molar-refractivity contribution in [1.82, 2.24) is 10.2 Å². The van der Waals surface area contributed by atoms with Gasteiger partial charge in [-0.1, -0.05) is 13.8 Å². The Labute approximate surface area is 180 Å². The van der Waals surface area contributed by atoms with E-state index in [1.807, 2.05) is 13.8 Å². The van der Waals surface area contributed by atoms with Gasteiger partial charge in [-0.05, 0) is 0 Å². The van der Waals surface area contributed by atoms with E-state index in [1.54, 1.807) is 33.4 Å². The normalized spacial score (nSPS) is 23.8. The fourth-order valence-corrected chi connectivity index (χ4v) is 3.63. The number of nitriles is 1. The summed E-state index contributed by atoms with van der Waals surface area (Å²) in [6, 6.07) is 4.59. The summed E-state index contributed by atoms with van der Waals surface area (Å²) in [5.41, 5.74) is -0.436. The second-order valence-electron chi connectivity index (χ2n) is 6.13. The first kappa shape index (κ1) is 25.1. The third kappa shape index (κ3) is 5.56. The van der Waals surface area contributed by atoms with Gasteiger partial charge in [-0.25, -0.2) is 0 Å². The van der Waals surface area contributed by atoms with Crippen molar-refractivity contribution in [2.75, 3.05) is 34.5 Å². The largest absolute Gasteiger partial charge is 0.388 e. The Balaban J connectivity index is 0.000000771. The molecule has 2 unspecified atom stereocenters. The standard InChI is InChI=1S/C15H14BBrFN3O3.C2H6O.C2H6/c1-21-13(22)10-4-5-23-7-15(10,20-14(21)16-24-8-19)11-6-9(17)2-3-12(11)18;1-3-2;1-2/h2-3,6,10,20H,4-5,7H2,1H3;1-2H3;1-2H3. The second kappa shape index (κ2) is 11.9. The first-order valence-electron chi connectivity index (χ1n) is 9.15. The Bertz CT molecular complexity index is 774. The molecular formula is C19H26BBrFN3O4. The zero-order valence-electron chi connectivity index (χ0n) is 17.3. The predicted octanol–water partition coefficient (Wildman–Crippen LogP) is 2.37. The molecule has 1 aromatic rings. The zero-order chi connectivity index (χ0) is 22.0. The number of benzene rings is 1. The fourth-order valence-electron chi connectivity index (χ4n) is 3.27. The number of hydrogen-bond donors (Lipinski definition) is 1. The van der Waals surface area contributed by atoms with E-state index in [2.05, 4.69) is 30.6 Å². The van der Waals surface area contributed by atoms with Crippen molar-refractivity contribution in [3.05, 3.63) is 34.1 Å². The van der Waals surface area contributed by atoms with Crippen LogP contribution < -0.4 is 5.32 Å². The molecule has 0 bridgehead atoms. The van der Waals surface area contributed by atoms with Crippen LogP contribution in [0.3, 0.4) is 0 Å². The number of rotatable bonds is 2. The summed E-state index contributed by atoms with van der Waals surface area (Å²) >= 11 is 3.35. The van der Waals surface area contributed by atoms with E-state index in [0.717, 1.165) is 7.12 Å². The maximum atomic E-state index is 14.6. The van der Waals surface area contributed by atoms with Crippen molar-refractivity contribution in [3.63, 3.8) is 0 Å². The molecule has 1 N–H and O–H groups in total. The molecule has 2 aliphatic rings. The van der Waals surface area contributed by atoms with Crippen molar-refractivity contribution in [2.24, 2.45) is 5.92 Å². The van der Waals surface area contributed by atoms with Crippen LogP contribution >= 0.6 is 15.9 Å². The van der Waals surface area contributed by atoms with Crippen molar-refractivity contribution in [2.45, 2.75) is 25.8 Å². The zero-order valence-corrected chi connectivity index (χ0v) is 18.9. The van der Waals surface area contributed by atoms with Crippen molar-refractivity contribution in [1.29, 1.82) is 5.26 Å². The minimum Gasteiger partial charge on any atom is -0.388 e. The van der Waals surface area contributed by atoms with Gasteiger partial charge in [0.05, 0.1) is 0 Å². The molecular weight excluding hydrogens is 444 g/mol. The average Bonchev–Trinajstić information content (AvgIpc) is 2.73. The third-order valence-electron chi connectivity index (χ3n) is 4.45. The molecule has 7 nitrogen and oxygen atoms in total. The minimum atomic E-state index is -1.06. The van der Waals surface area contributed by atoms with Gasteiger partial charge in [0.2, 0.25) is 0 Å². The minimum absolute atomic E-state index is 0.133. The number of carbonyl (C=O) groups is 1. The van der Waals surface area contributed by atoms with E-state index in [0.29, 0.717) is 23.1 Å². The van der Waals surface area contributed by atoms with Crippen LogP contribution in [0.4, 0.5) is 4.39 Å². The molecule has 158 valence electrons. The number of hydrogen-bond acceptors (Lipinski definition) is 6. The summed E-state index contributed by atoms with van der Waals surface area (Å²) in [5, 5.41) is 11.8. The average molecular weight is 470 g/mol. The third-order valence-corrected chi connectivity index (χ3v) is 4.94. The maximum absolute atomic E-state index is 14.6. The van der Waals surface area contributed by atoms with E-state index in [4.69, 9.17) is 10.00 Å². The SMILES string of the molecule is CC.CN1C(=O)C2CCOCC2(c2cc(Br)ccc2F)NC1=BOC#N.COC.